The summed E-state index contributed by atoms with van der Waals surface area (Å²) in [5.41, 5.74) is 0. The number of piperidine rings is 1. The van der Waals surface area contributed by atoms with E-state index in [2.05, 4.69) is 13.8 Å². The van der Waals surface area contributed by atoms with Crippen LogP contribution in [0.15, 0.2) is 29.2 Å². The van der Waals surface area contributed by atoms with E-state index in [0.717, 1.165) is 6.42 Å². The van der Waals surface area contributed by atoms with E-state index in [4.69, 9.17) is 4.74 Å². The van der Waals surface area contributed by atoms with Gasteiger partial charge in [0.15, 0.2) is 0 Å². The fourth-order valence-electron chi connectivity index (χ4n) is 4.24. The molecule has 8 nitrogen and oxygen atoms in total. The second-order valence-electron chi connectivity index (χ2n) is 8.99. The predicted molar refractivity (Wildman–Crippen MR) is 122 cm³/mol. The molecule has 2 fully saturated rings. The van der Waals surface area contributed by atoms with E-state index < -0.39 is 10.0 Å². The Morgan fingerprint density at radius 1 is 0.969 bits per heavy atom. The van der Waals surface area contributed by atoms with Crippen LogP contribution in [0.4, 0.5) is 0 Å². The summed E-state index contributed by atoms with van der Waals surface area (Å²) in [6.07, 6.45) is 2.48. The van der Waals surface area contributed by atoms with Crippen molar-refractivity contribution in [3.8, 4) is 5.75 Å². The average molecular weight is 466 g/mol. The van der Waals surface area contributed by atoms with Gasteiger partial charge in [-0.05, 0) is 49.4 Å². The number of carbonyl (C=O) groups is 2. The quantitative estimate of drug-likeness (QED) is 0.616. The lowest BCUT2D eigenvalue weighted by molar-refractivity contribution is -0.143. The molecular formula is C23H35N3O5S. The van der Waals surface area contributed by atoms with Gasteiger partial charge in [-0.1, -0.05) is 13.8 Å². The van der Waals surface area contributed by atoms with Crippen molar-refractivity contribution in [3.63, 3.8) is 0 Å². The number of ether oxygens (including phenoxy) is 1. The summed E-state index contributed by atoms with van der Waals surface area (Å²) in [5.74, 6) is 1.19. The molecule has 2 amide bonds. The van der Waals surface area contributed by atoms with Crippen molar-refractivity contribution in [2.24, 2.45) is 11.8 Å². The molecule has 0 aliphatic carbocycles. The number of amides is 2. The highest BCUT2D eigenvalue weighted by atomic mass is 32.2. The van der Waals surface area contributed by atoms with Crippen LogP contribution < -0.4 is 4.74 Å². The van der Waals surface area contributed by atoms with Gasteiger partial charge in [0.05, 0.1) is 12.0 Å². The molecule has 0 aromatic heterocycles. The summed E-state index contributed by atoms with van der Waals surface area (Å²) in [5, 5.41) is 0. The average Bonchev–Trinajstić information content (AvgIpc) is 2.82. The van der Waals surface area contributed by atoms with Crippen molar-refractivity contribution in [3.05, 3.63) is 24.3 Å². The Balaban J connectivity index is 1.49. The molecule has 178 valence electrons. The van der Waals surface area contributed by atoms with Crippen LogP contribution in [0.25, 0.3) is 0 Å². The molecule has 2 aliphatic heterocycles. The summed E-state index contributed by atoms with van der Waals surface area (Å²) in [4.78, 5) is 29.2. The molecule has 0 spiro atoms. The first-order valence-corrected chi connectivity index (χ1v) is 12.9. The number of sulfonamides is 1. The van der Waals surface area contributed by atoms with E-state index in [9.17, 15) is 18.0 Å². The minimum Gasteiger partial charge on any atom is -0.497 e. The van der Waals surface area contributed by atoms with Gasteiger partial charge in [0.25, 0.3) is 0 Å². The molecular weight excluding hydrogens is 430 g/mol. The Kier molecular flexibility index (Phi) is 8.16. The van der Waals surface area contributed by atoms with E-state index in [1.54, 1.807) is 24.3 Å². The van der Waals surface area contributed by atoms with Crippen molar-refractivity contribution in [2.75, 3.05) is 46.4 Å². The standard InChI is InChI=1S/C23H35N3O5S/c1-18(2)4-9-22(27)24-14-16-25(17-15-24)23(28)19-10-12-26(13-11-19)32(29,30)21-7-5-20(31-3)6-8-21/h5-8,18-19H,4,9-17H2,1-3H3. The van der Waals surface area contributed by atoms with Crippen LogP contribution in [0, 0.1) is 11.8 Å². The maximum Gasteiger partial charge on any atom is 0.243 e. The summed E-state index contributed by atoms with van der Waals surface area (Å²) in [7, 11) is -2.04. The smallest absolute Gasteiger partial charge is 0.243 e. The lowest BCUT2D eigenvalue weighted by atomic mass is 9.96. The highest BCUT2D eigenvalue weighted by molar-refractivity contribution is 7.89. The number of piperazine rings is 1. The van der Waals surface area contributed by atoms with Crippen LogP contribution in [0.3, 0.4) is 0 Å². The van der Waals surface area contributed by atoms with Crippen LogP contribution >= 0.6 is 0 Å². The van der Waals surface area contributed by atoms with Gasteiger partial charge in [-0.3, -0.25) is 9.59 Å². The van der Waals surface area contributed by atoms with E-state index in [-0.39, 0.29) is 22.6 Å². The van der Waals surface area contributed by atoms with Gasteiger partial charge in [0, 0.05) is 51.6 Å². The number of rotatable bonds is 7. The zero-order valence-electron chi connectivity index (χ0n) is 19.3. The SMILES string of the molecule is COc1ccc(S(=O)(=O)N2CCC(C(=O)N3CCN(C(=O)CCC(C)C)CC3)CC2)cc1. The molecule has 1 aromatic rings. The Bertz CT molecular complexity index is 885. The fourth-order valence-corrected chi connectivity index (χ4v) is 5.71. The van der Waals surface area contributed by atoms with Gasteiger partial charge in [-0.25, -0.2) is 8.42 Å². The largest absolute Gasteiger partial charge is 0.497 e. The molecule has 2 aliphatic rings. The molecule has 2 saturated heterocycles. The van der Waals surface area contributed by atoms with Crippen molar-refractivity contribution in [2.45, 2.75) is 44.4 Å². The van der Waals surface area contributed by atoms with E-state index in [1.807, 2.05) is 9.80 Å². The second-order valence-corrected chi connectivity index (χ2v) is 10.9. The molecule has 0 atom stereocenters. The third-order valence-corrected chi connectivity index (χ3v) is 8.29. The monoisotopic (exact) mass is 465 g/mol. The normalized spacial score (nSPS) is 18.8. The molecule has 9 heteroatoms. The van der Waals surface area contributed by atoms with E-state index in [0.29, 0.717) is 70.2 Å². The maximum absolute atomic E-state index is 13.0. The highest BCUT2D eigenvalue weighted by Crippen LogP contribution is 2.26. The summed E-state index contributed by atoms with van der Waals surface area (Å²) < 4.78 is 32.4. The van der Waals surface area contributed by atoms with Crippen molar-refractivity contribution in [1.82, 2.24) is 14.1 Å². The zero-order chi connectivity index (χ0) is 23.3. The summed E-state index contributed by atoms with van der Waals surface area (Å²) in [6.45, 7) is 7.14. The first-order valence-electron chi connectivity index (χ1n) is 11.4. The number of carbonyl (C=O) groups excluding carboxylic acids is 2. The van der Waals surface area contributed by atoms with Crippen LogP contribution in [-0.2, 0) is 19.6 Å². The minimum absolute atomic E-state index is 0.0841. The molecule has 0 N–H and O–H groups in total. The van der Waals surface area contributed by atoms with Crippen molar-refractivity contribution in [1.29, 1.82) is 0 Å². The number of hydrogen-bond acceptors (Lipinski definition) is 5. The summed E-state index contributed by atoms with van der Waals surface area (Å²) in [6, 6.07) is 6.37. The van der Waals surface area contributed by atoms with Crippen molar-refractivity contribution < 1.29 is 22.7 Å². The molecule has 2 heterocycles. The zero-order valence-corrected chi connectivity index (χ0v) is 20.1. The van der Waals surface area contributed by atoms with Gasteiger partial charge in [0.1, 0.15) is 5.75 Å². The lowest BCUT2D eigenvalue weighted by Gasteiger charge is -2.38. The number of nitrogens with zero attached hydrogens (tertiary/aromatic N) is 3. The number of hydrogen-bond donors (Lipinski definition) is 0. The first kappa shape index (κ1) is 24.5. The molecule has 0 radical (unpaired) electrons. The van der Waals surface area contributed by atoms with Gasteiger partial charge in [-0.2, -0.15) is 4.31 Å². The Morgan fingerprint density at radius 3 is 2.06 bits per heavy atom. The third-order valence-electron chi connectivity index (χ3n) is 6.38. The number of benzene rings is 1. The molecule has 0 saturated carbocycles. The fraction of sp³-hybridized carbons (Fsp3) is 0.652. The van der Waals surface area contributed by atoms with E-state index in [1.165, 1.54) is 11.4 Å². The van der Waals surface area contributed by atoms with Crippen LogP contribution in [-0.4, -0.2) is 80.7 Å². The number of methoxy groups -OCH3 is 1. The highest BCUT2D eigenvalue weighted by Gasteiger charge is 2.35. The third kappa shape index (κ3) is 5.81. The Hall–Kier alpha value is -2.13. The summed E-state index contributed by atoms with van der Waals surface area (Å²) >= 11 is 0. The van der Waals surface area contributed by atoms with Crippen LogP contribution in [0.5, 0.6) is 5.75 Å². The Labute approximate surface area is 191 Å². The van der Waals surface area contributed by atoms with Crippen molar-refractivity contribution >= 4 is 21.8 Å². The lowest BCUT2D eigenvalue weighted by Crippen LogP contribution is -2.53. The van der Waals surface area contributed by atoms with Gasteiger partial charge in [-0.15, -0.1) is 0 Å². The first-order chi connectivity index (χ1) is 15.2. The Morgan fingerprint density at radius 2 is 1.53 bits per heavy atom. The van der Waals surface area contributed by atoms with Crippen LogP contribution in [0.1, 0.15) is 39.5 Å². The predicted octanol–water partition coefficient (Wildman–Crippen LogP) is 2.20. The topological polar surface area (TPSA) is 87.2 Å². The minimum atomic E-state index is -3.58. The van der Waals surface area contributed by atoms with Gasteiger partial charge >= 0.3 is 0 Å². The van der Waals surface area contributed by atoms with Crippen LogP contribution in [0.2, 0.25) is 0 Å². The maximum atomic E-state index is 13.0. The van der Waals surface area contributed by atoms with Gasteiger partial charge in [0.2, 0.25) is 21.8 Å². The molecule has 32 heavy (non-hydrogen) atoms. The van der Waals surface area contributed by atoms with Gasteiger partial charge < -0.3 is 14.5 Å². The second kappa shape index (κ2) is 10.7. The van der Waals surface area contributed by atoms with E-state index >= 15 is 0 Å². The molecule has 3 rings (SSSR count). The molecule has 0 bridgehead atoms. The molecule has 0 unspecified atom stereocenters. The molecule has 1 aromatic carbocycles.